The van der Waals surface area contributed by atoms with Gasteiger partial charge in [-0.15, -0.1) is 5.10 Å². The molecule has 0 bridgehead atoms. The van der Waals surface area contributed by atoms with E-state index in [0.29, 0.717) is 16.7 Å². The monoisotopic (exact) mass is 412 g/mol. The van der Waals surface area contributed by atoms with Gasteiger partial charge in [-0.1, -0.05) is 36.0 Å². The quantitative estimate of drug-likeness (QED) is 0.485. The number of carboxylic acids is 1. The van der Waals surface area contributed by atoms with E-state index in [0.717, 1.165) is 16.9 Å². The van der Waals surface area contributed by atoms with Crippen LogP contribution < -0.4 is 10.1 Å². The molecule has 3 rings (SSSR count). The highest BCUT2D eigenvalue weighted by molar-refractivity contribution is 7.99. The predicted octanol–water partition coefficient (Wildman–Crippen LogP) is 3.43. The Morgan fingerprint density at radius 2 is 1.90 bits per heavy atom. The average Bonchev–Trinajstić information content (AvgIpc) is 3.14. The highest BCUT2D eigenvalue weighted by Gasteiger charge is 2.11. The molecule has 0 fully saturated rings. The Hall–Kier alpha value is -3.33. The molecule has 2 aromatic carbocycles. The van der Waals surface area contributed by atoms with Crippen LogP contribution in [0.2, 0.25) is 0 Å². The van der Waals surface area contributed by atoms with E-state index in [1.807, 2.05) is 32.0 Å². The van der Waals surface area contributed by atoms with E-state index in [1.54, 1.807) is 12.1 Å². The molecular weight excluding hydrogens is 392 g/mol. The van der Waals surface area contributed by atoms with Crippen LogP contribution >= 0.6 is 11.8 Å². The number of rotatable bonds is 8. The largest absolute Gasteiger partial charge is 0.485 e. The summed E-state index contributed by atoms with van der Waals surface area (Å²) >= 11 is 1.17. The lowest BCUT2D eigenvalue weighted by Gasteiger charge is -2.10. The van der Waals surface area contributed by atoms with Gasteiger partial charge in [-0.2, -0.15) is 0 Å². The zero-order valence-electron chi connectivity index (χ0n) is 15.9. The molecule has 0 radical (unpaired) electrons. The summed E-state index contributed by atoms with van der Waals surface area (Å²) in [4.78, 5) is 27.4. The number of hydrogen-bond acceptors (Lipinski definition) is 6. The van der Waals surface area contributed by atoms with Crippen LogP contribution in [-0.2, 0) is 11.4 Å². The van der Waals surface area contributed by atoms with E-state index >= 15 is 0 Å². The van der Waals surface area contributed by atoms with Crippen molar-refractivity contribution in [3.05, 3.63) is 65.0 Å². The van der Waals surface area contributed by atoms with Crippen LogP contribution in [0.4, 0.5) is 5.69 Å². The third kappa shape index (κ3) is 5.58. The Morgan fingerprint density at radius 3 is 2.62 bits per heavy atom. The number of aromatic carboxylic acids is 1. The van der Waals surface area contributed by atoms with Gasteiger partial charge >= 0.3 is 5.97 Å². The summed E-state index contributed by atoms with van der Waals surface area (Å²) in [7, 11) is 0. The highest BCUT2D eigenvalue weighted by Crippen LogP contribution is 2.23. The molecule has 9 heteroatoms. The maximum absolute atomic E-state index is 12.1. The van der Waals surface area contributed by atoms with Gasteiger partial charge < -0.3 is 15.2 Å². The van der Waals surface area contributed by atoms with E-state index in [9.17, 15) is 9.59 Å². The van der Waals surface area contributed by atoms with Crippen molar-refractivity contribution in [3.8, 4) is 5.75 Å². The molecule has 1 heterocycles. The van der Waals surface area contributed by atoms with Crippen molar-refractivity contribution in [1.82, 2.24) is 15.2 Å². The summed E-state index contributed by atoms with van der Waals surface area (Å²) in [6, 6.07) is 12.0. The number of benzene rings is 2. The molecule has 1 amide bonds. The fourth-order valence-electron chi connectivity index (χ4n) is 2.63. The third-order valence-corrected chi connectivity index (χ3v) is 4.85. The number of carbonyl (C=O) groups is 2. The number of amides is 1. The second kappa shape index (κ2) is 9.24. The number of nitrogens with one attached hydrogen (secondary N) is 2. The maximum Gasteiger partial charge on any atom is 0.335 e. The molecule has 3 aromatic rings. The van der Waals surface area contributed by atoms with Gasteiger partial charge in [0.2, 0.25) is 11.1 Å². The van der Waals surface area contributed by atoms with Gasteiger partial charge in [-0.05, 0) is 43.2 Å². The van der Waals surface area contributed by atoms with E-state index in [4.69, 9.17) is 9.84 Å². The SMILES string of the molecule is Cc1cccc(C)c1OCc1nc(SCC(=O)Nc2cccc(C(=O)O)c2)n[nH]1. The van der Waals surface area contributed by atoms with Crippen molar-refractivity contribution in [1.29, 1.82) is 0 Å². The first-order chi connectivity index (χ1) is 13.9. The first-order valence-corrected chi connectivity index (χ1v) is 9.77. The smallest absolute Gasteiger partial charge is 0.335 e. The van der Waals surface area contributed by atoms with Crippen LogP contribution in [0.15, 0.2) is 47.6 Å². The number of carboxylic acid groups (broad SMARTS) is 1. The molecule has 0 unspecified atom stereocenters. The Morgan fingerprint density at radius 1 is 1.17 bits per heavy atom. The van der Waals surface area contributed by atoms with E-state index in [2.05, 4.69) is 20.5 Å². The van der Waals surface area contributed by atoms with Gasteiger partial charge in [0.05, 0.1) is 11.3 Å². The number of thioether (sulfide) groups is 1. The lowest BCUT2D eigenvalue weighted by atomic mass is 10.1. The molecular formula is C20H20N4O4S. The van der Waals surface area contributed by atoms with Gasteiger partial charge in [0.25, 0.3) is 0 Å². The molecule has 150 valence electrons. The van der Waals surface area contributed by atoms with Gasteiger partial charge in [0.15, 0.2) is 5.82 Å². The Kier molecular flexibility index (Phi) is 6.50. The number of anilines is 1. The van der Waals surface area contributed by atoms with Crippen molar-refractivity contribution in [3.63, 3.8) is 0 Å². The summed E-state index contributed by atoms with van der Waals surface area (Å²) in [6.07, 6.45) is 0. The molecule has 29 heavy (non-hydrogen) atoms. The molecule has 8 nitrogen and oxygen atoms in total. The molecule has 0 saturated heterocycles. The first-order valence-electron chi connectivity index (χ1n) is 8.78. The maximum atomic E-state index is 12.1. The number of ether oxygens (including phenoxy) is 1. The second-order valence-electron chi connectivity index (χ2n) is 6.30. The standard InChI is InChI=1S/C20H20N4O4S/c1-12-5-3-6-13(2)18(12)28-10-16-22-20(24-23-16)29-11-17(25)21-15-8-4-7-14(9-15)19(26)27/h3-9H,10-11H2,1-2H3,(H,21,25)(H,26,27)(H,22,23,24). The zero-order chi connectivity index (χ0) is 20.8. The Balaban J connectivity index is 1.50. The minimum atomic E-state index is -1.05. The fourth-order valence-corrected chi connectivity index (χ4v) is 3.25. The third-order valence-electron chi connectivity index (χ3n) is 4.00. The molecule has 0 aliphatic heterocycles. The summed E-state index contributed by atoms with van der Waals surface area (Å²) in [5.41, 5.74) is 2.62. The Bertz CT molecular complexity index is 1010. The van der Waals surface area contributed by atoms with Crippen molar-refractivity contribution < 1.29 is 19.4 Å². The second-order valence-corrected chi connectivity index (χ2v) is 7.24. The molecule has 0 atom stereocenters. The molecule has 0 spiro atoms. The van der Waals surface area contributed by atoms with Crippen LogP contribution in [0.5, 0.6) is 5.75 Å². The molecule has 0 aliphatic carbocycles. The van der Waals surface area contributed by atoms with Crippen LogP contribution in [0.3, 0.4) is 0 Å². The number of aromatic nitrogens is 3. The molecule has 3 N–H and O–H groups in total. The fraction of sp³-hybridized carbons (Fsp3) is 0.200. The number of H-pyrrole nitrogens is 1. The number of hydrogen-bond donors (Lipinski definition) is 3. The number of aromatic amines is 1. The van der Waals surface area contributed by atoms with Crippen LogP contribution in [0.25, 0.3) is 0 Å². The minimum Gasteiger partial charge on any atom is -0.485 e. The summed E-state index contributed by atoms with van der Waals surface area (Å²) in [5, 5.41) is 19.0. The van der Waals surface area contributed by atoms with Crippen molar-refractivity contribution in [2.75, 3.05) is 11.1 Å². The van der Waals surface area contributed by atoms with Gasteiger partial charge in [-0.25, -0.2) is 9.78 Å². The van der Waals surface area contributed by atoms with E-state index in [1.165, 1.54) is 23.9 Å². The van der Waals surface area contributed by atoms with Gasteiger partial charge in [-0.3, -0.25) is 9.89 Å². The summed E-state index contributed by atoms with van der Waals surface area (Å²) < 4.78 is 5.83. The Labute approximate surface area is 171 Å². The van der Waals surface area contributed by atoms with Crippen molar-refractivity contribution in [2.45, 2.75) is 25.6 Å². The number of aryl methyl sites for hydroxylation is 2. The lowest BCUT2D eigenvalue weighted by molar-refractivity contribution is -0.113. The van der Waals surface area contributed by atoms with Crippen molar-refractivity contribution >= 4 is 29.3 Å². The number of carbonyl (C=O) groups excluding carboxylic acids is 1. The summed E-state index contributed by atoms with van der Waals surface area (Å²) in [6.45, 7) is 4.21. The van der Waals surface area contributed by atoms with Crippen LogP contribution in [-0.4, -0.2) is 37.9 Å². The van der Waals surface area contributed by atoms with E-state index in [-0.39, 0.29) is 23.8 Å². The average molecular weight is 412 g/mol. The minimum absolute atomic E-state index is 0.0896. The number of nitrogens with zero attached hydrogens (tertiary/aromatic N) is 2. The van der Waals surface area contributed by atoms with Crippen molar-refractivity contribution in [2.24, 2.45) is 0 Å². The molecule has 0 saturated carbocycles. The molecule has 0 aliphatic rings. The van der Waals surface area contributed by atoms with Crippen LogP contribution in [0, 0.1) is 13.8 Å². The lowest BCUT2D eigenvalue weighted by Crippen LogP contribution is -2.14. The van der Waals surface area contributed by atoms with Crippen LogP contribution in [0.1, 0.15) is 27.3 Å². The summed E-state index contributed by atoms with van der Waals surface area (Å²) in [5.74, 6) is 0.139. The van der Waals surface area contributed by atoms with Gasteiger partial charge in [0.1, 0.15) is 12.4 Å². The number of para-hydroxylation sites is 1. The predicted molar refractivity (Wildman–Crippen MR) is 109 cm³/mol. The normalized spacial score (nSPS) is 10.6. The molecule has 1 aromatic heterocycles. The van der Waals surface area contributed by atoms with E-state index < -0.39 is 5.97 Å². The first kappa shape index (κ1) is 20.4. The topological polar surface area (TPSA) is 117 Å². The van der Waals surface area contributed by atoms with Gasteiger partial charge in [0, 0.05) is 5.69 Å². The highest BCUT2D eigenvalue weighted by atomic mass is 32.2. The zero-order valence-corrected chi connectivity index (χ0v) is 16.7.